The fraction of sp³-hybridized carbons (Fsp3) is 0.222. The van der Waals surface area contributed by atoms with Crippen LogP contribution in [0, 0.1) is 5.82 Å². The number of thiocarbonyl (C=S) groups is 1. The minimum atomic E-state index is -0.308. The molecule has 0 spiro atoms. The van der Waals surface area contributed by atoms with Gasteiger partial charge in [0.1, 0.15) is 23.2 Å². The lowest BCUT2D eigenvalue weighted by Crippen LogP contribution is -2.49. The normalized spacial score (nSPS) is 14.1. The van der Waals surface area contributed by atoms with Gasteiger partial charge >= 0.3 is 0 Å². The lowest BCUT2D eigenvalue weighted by molar-refractivity contribution is 0.172. The number of aromatic nitrogens is 2. The zero-order valence-electron chi connectivity index (χ0n) is 19.1. The van der Waals surface area contributed by atoms with Crippen molar-refractivity contribution in [3.8, 4) is 28.6 Å². The quantitative estimate of drug-likeness (QED) is 0.337. The molecule has 4 aromatic rings. The van der Waals surface area contributed by atoms with Crippen LogP contribution < -0.4 is 4.74 Å². The van der Waals surface area contributed by atoms with Crippen LogP contribution in [0.15, 0.2) is 83.4 Å². The minimum absolute atomic E-state index is 0.308. The Balaban J connectivity index is 1.10. The van der Waals surface area contributed by atoms with Crippen LogP contribution in [-0.2, 0) is 6.54 Å². The van der Waals surface area contributed by atoms with Crippen molar-refractivity contribution >= 4 is 17.2 Å². The number of halogens is 1. The molecule has 0 aliphatic carbocycles. The van der Waals surface area contributed by atoms with Gasteiger partial charge in [0, 0.05) is 43.9 Å². The van der Waals surface area contributed by atoms with Crippen LogP contribution in [0.4, 0.5) is 4.39 Å². The topological polar surface area (TPSA) is 54.6 Å². The molecular weight excluding hydrogens is 463 g/mol. The summed E-state index contributed by atoms with van der Waals surface area (Å²) in [6.07, 6.45) is 0. The van der Waals surface area contributed by atoms with Crippen molar-refractivity contribution in [1.82, 2.24) is 19.9 Å². The van der Waals surface area contributed by atoms with Gasteiger partial charge in [-0.1, -0.05) is 47.7 Å². The second-order valence-corrected chi connectivity index (χ2v) is 8.86. The molecule has 0 bridgehead atoms. The number of benzene rings is 3. The molecule has 0 atom stereocenters. The number of piperazine rings is 1. The molecule has 0 N–H and O–H groups in total. The molecule has 0 saturated carbocycles. The molecule has 5 rings (SSSR count). The first-order chi connectivity index (χ1) is 17.1. The molecule has 1 fully saturated rings. The lowest BCUT2D eigenvalue weighted by Gasteiger charge is -2.36. The predicted octanol–water partition coefficient (Wildman–Crippen LogP) is 5.07. The Morgan fingerprint density at radius 1 is 0.886 bits per heavy atom. The third-order valence-electron chi connectivity index (χ3n) is 5.97. The van der Waals surface area contributed by atoms with Crippen LogP contribution in [0.1, 0.15) is 5.56 Å². The van der Waals surface area contributed by atoms with Gasteiger partial charge in [0.15, 0.2) is 0 Å². The molecule has 35 heavy (non-hydrogen) atoms. The SMILES string of the molecule is Fc1ccc(-c2noc(-c3ccc(OCC(=S)N4CCN(Cc5ccccc5)CC4)cc3)n2)cc1. The first-order valence-electron chi connectivity index (χ1n) is 11.5. The predicted molar refractivity (Wildman–Crippen MR) is 137 cm³/mol. The largest absolute Gasteiger partial charge is 0.486 e. The maximum absolute atomic E-state index is 13.1. The summed E-state index contributed by atoms with van der Waals surface area (Å²) in [5.74, 6) is 1.21. The van der Waals surface area contributed by atoms with Crippen LogP contribution in [0.2, 0.25) is 0 Å². The summed E-state index contributed by atoms with van der Waals surface area (Å²) >= 11 is 5.63. The first-order valence-corrected chi connectivity index (χ1v) is 11.9. The number of rotatable bonds is 7. The van der Waals surface area contributed by atoms with Gasteiger partial charge in [0.2, 0.25) is 5.82 Å². The number of nitrogens with zero attached hydrogens (tertiary/aromatic N) is 4. The Morgan fingerprint density at radius 3 is 2.29 bits per heavy atom. The zero-order valence-corrected chi connectivity index (χ0v) is 20.0. The molecule has 1 aliphatic rings. The molecule has 6 nitrogen and oxygen atoms in total. The molecule has 1 aromatic heterocycles. The maximum Gasteiger partial charge on any atom is 0.258 e. The third-order valence-corrected chi connectivity index (χ3v) is 6.34. The summed E-state index contributed by atoms with van der Waals surface area (Å²) < 4.78 is 24.4. The van der Waals surface area contributed by atoms with E-state index in [0.29, 0.717) is 23.9 Å². The highest BCUT2D eigenvalue weighted by atomic mass is 32.1. The van der Waals surface area contributed by atoms with Gasteiger partial charge in [0.05, 0.1) is 0 Å². The highest BCUT2D eigenvalue weighted by molar-refractivity contribution is 7.80. The Hall–Kier alpha value is -3.62. The van der Waals surface area contributed by atoms with Gasteiger partial charge in [-0.15, -0.1) is 0 Å². The second-order valence-electron chi connectivity index (χ2n) is 8.39. The van der Waals surface area contributed by atoms with Crippen molar-refractivity contribution < 1.29 is 13.7 Å². The smallest absolute Gasteiger partial charge is 0.258 e. The van der Waals surface area contributed by atoms with Crippen molar-refractivity contribution in [3.05, 3.63) is 90.2 Å². The summed E-state index contributed by atoms with van der Waals surface area (Å²) in [7, 11) is 0. The van der Waals surface area contributed by atoms with E-state index in [0.717, 1.165) is 49.0 Å². The Bertz CT molecular complexity index is 1250. The van der Waals surface area contributed by atoms with E-state index in [2.05, 4.69) is 44.2 Å². The summed E-state index contributed by atoms with van der Waals surface area (Å²) in [4.78, 5) is 9.89. The van der Waals surface area contributed by atoms with E-state index in [1.807, 2.05) is 30.3 Å². The Labute approximate surface area is 208 Å². The van der Waals surface area contributed by atoms with E-state index in [1.54, 1.807) is 12.1 Å². The summed E-state index contributed by atoms with van der Waals surface area (Å²) in [5, 5.41) is 3.99. The van der Waals surface area contributed by atoms with Crippen molar-refractivity contribution in [3.63, 3.8) is 0 Å². The summed E-state index contributed by atoms with van der Waals surface area (Å²) in [6, 6.07) is 24.0. The standard InChI is InChI=1S/C27H25FN4O2S/c28-23-10-6-21(7-11-23)26-29-27(34-30-26)22-8-12-24(13-9-22)33-19-25(35)32-16-14-31(15-17-32)18-20-4-2-1-3-5-20/h1-13H,14-19H2. The number of hydrogen-bond acceptors (Lipinski definition) is 6. The van der Waals surface area contributed by atoms with Gasteiger partial charge in [-0.2, -0.15) is 4.98 Å². The highest BCUT2D eigenvalue weighted by Gasteiger charge is 2.19. The van der Waals surface area contributed by atoms with Gasteiger partial charge < -0.3 is 14.2 Å². The fourth-order valence-corrected chi connectivity index (χ4v) is 4.23. The van der Waals surface area contributed by atoms with Gasteiger partial charge in [0.25, 0.3) is 5.89 Å². The van der Waals surface area contributed by atoms with Crippen LogP contribution in [0.5, 0.6) is 5.75 Å². The second kappa shape index (κ2) is 10.8. The molecule has 1 saturated heterocycles. The number of hydrogen-bond donors (Lipinski definition) is 0. The summed E-state index contributed by atoms with van der Waals surface area (Å²) in [5.41, 5.74) is 2.80. The van der Waals surface area contributed by atoms with E-state index < -0.39 is 0 Å². The molecule has 8 heteroatoms. The minimum Gasteiger partial charge on any atom is -0.486 e. The lowest BCUT2D eigenvalue weighted by atomic mass is 10.2. The molecule has 0 radical (unpaired) electrons. The van der Waals surface area contributed by atoms with Gasteiger partial charge in [-0.3, -0.25) is 4.90 Å². The van der Waals surface area contributed by atoms with Crippen molar-refractivity contribution in [2.75, 3.05) is 32.8 Å². The molecule has 2 heterocycles. The Morgan fingerprint density at radius 2 is 1.57 bits per heavy atom. The monoisotopic (exact) mass is 488 g/mol. The van der Waals surface area contributed by atoms with Crippen molar-refractivity contribution in [2.24, 2.45) is 0 Å². The molecule has 178 valence electrons. The molecule has 0 unspecified atom stereocenters. The molecule has 3 aromatic carbocycles. The average Bonchev–Trinajstić information content (AvgIpc) is 3.39. The maximum atomic E-state index is 13.1. The van der Waals surface area contributed by atoms with Crippen molar-refractivity contribution in [2.45, 2.75) is 6.54 Å². The van der Waals surface area contributed by atoms with Crippen LogP contribution >= 0.6 is 12.2 Å². The van der Waals surface area contributed by atoms with E-state index in [4.69, 9.17) is 21.5 Å². The molecule has 0 amide bonds. The van der Waals surface area contributed by atoms with E-state index in [-0.39, 0.29) is 5.82 Å². The first kappa shape index (κ1) is 23.1. The fourth-order valence-electron chi connectivity index (χ4n) is 3.98. The number of ether oxygens (including phenoxy) is 1. The van der Waals surface area contributed by atoms with E-state index in [9.17, 15) is 4.39 Å². The summed E-state index contributed by atoms with van der Waals surface area (Å²) in [6.45, 7) is 5.10. The highest BCUT2D eigenvalue weighted by Crippen LogP contribution is 2.24. The molecule has 1 aliphatic heterocycles. The molecular formula is C27H25FN4O2S. The van der Waals surface area contributed by atoms with Gasteiger partial charge in [-0.25, -0.2) is 4.39 Å². The van der Waals surface area contributed by atoms with Gasteiger partial charge in [-0.05, 0) is 54.1 Å². The van der Waals surface area contributed by atoms with Crippen LogP contribution in [0.25, 0.3) is 22.8 Å². The van der Waals surface area contributed by atoms with Crippen molar-refractivity contribution in [1.29, 1.82) is 0 Å². The van der Waals surface area contributed by atoms with E-state index >= 15 is 0 Å². The Kier molecular flexibility index (Phi) is 7.11. The average molecular weight is 489 g/mol. The van der Waals surface area contributed by atoms with Crippen LogP contribution in [-0.4, -0.2) is 57.7 Å². The zero-order chi connectivity index (χ0) is 24.0. The van der Waals surface area contributed by atoms with Crippen LogP contribution in [0.3, 0.4) is 0 Å². The van der Waals surface area contributed by atoms with E-state index in [1.165, 1.54) is 17.7 Å². The third kappa shape index (κ3) is 5.90.